The Morgan fingerprint density at radius 2 is 1.68 bits per heavy atom. The van der Waals surface area contributed by atoms with E-state index < -0.39 is 0 Å². The Labute approximate surface area is 201 Å². The van der Waals surface area contributed by atoms with Gasteiger partial charge in [0.25, 0.3) is 5.91 Å². The number of hydrogen-bond acceptors (Lipinski definition) is 3. The number of carbonyl (C=O) groups excluding carboxylic acids is 2. The molecule has 0 bridgehead atoms. The van der Waals surface area contributed by atoms with Gasteiger partial charge < -0.3 is 14.8 Å². The SMILES string of the molecule is CCC(C)N(C(=O)Cn1c(CCCNC(=O)c2ccc(F)cc2)nc2ccccc21)C(C)CC. The predicted octanol–water partition coefficient (Wildman–Crippen LogP) is 4.96. The molecule has 1 N–H and O–H groups in total. The summed E-state index contributed by atoms with van der Waals surface area (Å²) in [6.07, 6.45) is 3.10. The van der Waals surface area contributed by atoms with E-state index in [2.05, 4.69) is 33.0 Å². The fourth-order valence-corrected chi connectivity index (χ4v) is 4.18. The number of nitrogens with one attached hydrogen (secondary N) is 1. The minimum Gasteiger partial charge on any atom is -0.352 e. The highest BCUT2D eigenvalue weighted by molar-refractivity contribution is 5.94. The molecule has 0 spiro atoms. The number of rotatable bonds is 11. The molecule has 1 aromatic heterocycles. The number of para-hydroxylation sites is 2. The van der Waals surface area contributed by atoms with E-state index in [0.29, 0.717) is 24.9 Å². The molecule has 1 heterocycles. The minimum absolute atomic E-state index is 0.0951. The Hall–Kier alpha value is -3.22. The van der Waals surface area contributed by atoms with Crippen molar-refractivity contribution in [2.75, 3.05) is 6.54 Å². The lowest BCUT2D eigenvalue weighted by molar-refractivity contribution is -0.136. The van der Waals surface area contributed by atoms with E-state index in [1.54, 1.807) is 0 Å². The van der Waals surface area contributed by atoms with Gasteiger partial charge in [0.2, 0.25) is 5.91 Å². The van der Waals surface area contributed by atoms with Crippen LogP contribution in [0.2, 0.25) is 0 Å². The molecule has 2 amide bonds. The molecule has 0 aliphatic carbocycles. The molecular formula is C27H35FN4O2. The third-order valence-electron chi connectivity index (χ3n) is 6.42. The Balaban J connectivity index is 1.71. The third-order valence-corrected chi connectivity index (χ3v) is 6.42. The first kappa shape index (κ1) is 25.4. The van der Waals surface area contributed by atoms with Crippen LogP contribution in [0.15, 0.2) is 48.5 Å². The molecule has 34 heavy (non-hydrogen) atoms. The fraction of sp³-hybridized carbons (Fsp3) is 0.444. The van der Waals surface area contributed by atoms with Gasteiger partial charge >= 0.3 is 0 Å². The third kappa shape index (κ3) is 6.01. The largest absolute Gasteiger partial charge is 0.352 e. The van der Waals surface area contributed by atoms with Crippen LogP contribution in [0.4, 0.5) is 4.39 Å². The summed E-state index contributed by atoms with van der Waals surface area (Å²) in [6, 6.07) is 13.7. The number of carbonyl (C=O) groups is 2. The molecule has 0 saturated carbocycles. The first-order valence-electron chi connectivity index (χ1n) is 12.1. The van der Waals surface area contributed by atoms with Crippen molar-refractivity contribution < 1.29 is 14.0 Å². The Morgan fingerprint density at radius 1 is 1.03 bits per heavy atom. The highest BCUT2D eigenvalue weighted by Crippen LogP contribution is 2.19. The Morgan fingerprint density at radius 3 is 2.32 bits per heavy atom. The standard InChI is InChI=1S/C27H35FN4O2/c1-5-19(3)32(20(4)6-2)26(33)18-31-24-11-8-7-10-23(24)30-25(31)12-9-17-29-27(34)21-13-15-22(28)16-14-21/h7-8,10-11,13-16,19-20H,5-6,9,12,17-18H2,1-4H3,(H,29,34). The van der Waals surface area contributed by atoms with Gasteiger partial charge in [-0.3, -0.25) is 9.59 Å². The number of aromatic nitrogens is 2. The van der Waals surface area contributed by atoms with E-state index >= 15 is 0 Å². The van der Waals surface area contributed by atoms with Crippen LogP contribution in [0.25, 0.3) is 11.0 Å². The number of nitrogens with zero attached hydrogens (tertiary/aromatic N) is 3. The summed E-state index contributed by atoms with van der Waals surface area (Å²) in [4.78, 5) is 32.5. The molecule has 0 aliphatic rings. The van der Waals surface area contributed by atoms with E-state index in [0.717, 1.165) is 29.7 Å². The fourth-order valence-electron chi connectivity index (χ4n) is 4.18. The number of hydrogen-bond donors (Lipinski definition) is 1. The summed E-state index contributed by atoms with van der Waals surface area (Å²) in [5.41, 5.74) is 2.23. The maximum atomic E-state index is 13.4. The number of halogens is 1. The Kier molecular flexibility index (Phi) is 8.79. The van der Waals surface area contributed by atoms with Crippen LogP contribution in [-0.4, -0.2) is 44.9 Å². The van der Waals surface area contributed by atoms with Crippen molar-refractivity contribution in [2.45, 2.75) is 72.0 Å². The molecule has 7 heteroatoms. The molecule has 6 nitrogen and oxygen atoms in total. The van der Waals surface area contributed by atoms with Crippen molar-refractivity contribution >= 4 is 22.8 Å². The van der Waals surface area contributed by atoms with Gasteiger partial charge in [-0.05, 0) is 69.5 Å². The molecule has 2 unspecified atom stereocenters. The predicted molar refractivity (Wildman–Crippen MR) is 133 cm³/mol. The van der Waals surface area contributed by atoms with E-state index in [9.17, 15) is 14.0 Å². The van der Waals surface area contributed by atoms with E-state index in [1.807, 2.05) is 33.7 Å². The topological polar surface area (TPSA) is 67.2 Å². The summed E-state index contributed by atoms with van der Waals surface area (Å²) >= 11 is 0. The second-order valence-corrected chi connectivity index (χ2v) is 8.78. The number of aryl methyl sites for hydroxylation is 1. The molecule has 0 saturated heterocycles. The van der Waals surface area contributed by atoms with Crippen molar-refractivity contribution in [3.8, 4) is 0 Å². The van der Waals surface area contributed by atoms with Gasteiger partial charge in [0.1, 0.15) is 18.2 Å². The molecule has 2 aromatic carbocycles. The van der Waals surface area contributed by atoms with Gasteiger partial charge in [-0.2, -0.15) is 0 Å². The van der Waals surface area contributed by atoms with E-state index in [1.165, 1.54) is 24.3 Å². The molecule has 3 aromatic rings. The zero-order valence-corrected chi connectivity index (χ0v) is 20.6. The molecule has 182 valence electrons. The Bertz CT molecular complexity index is 1100. The van der Waals surface area contributed by atoms with Crippen molar-refractivity contribution in [1.29, 1.82) is 0 Å². The van der Waals surface area contributed by atoms with Crippen molar-refractivity contribution in [3.63, 3.8) is 0 Å². The highest BCUT2D eigenvalue weighted by Gasteiger charge is 2.25. The second kappa shape index (κ2) is 11.8. The van der Waals surface area contributed by atoms with Crippen LogP contribution >= 0.6 is 0 Å². The summed E-state index contributed by atoms with van der Waals surface area (Å²) in [7, 11) is 0. The molecule has 0 radical (unpaired) electrons. The molecule has 3 rings (SSSR count). The minimum atomic E-state index is -0.370. The van der Waals surface area contributed by atoms with Gasteiger partial charge in [-0.1, -0.05) is 26.0 Å². The average Bonchev–Trinajstić information content (AvgIpc) is 3.19. The lowest BCUT2D eigenvalue weighted by atomic mass is 10.1. The quantitative estimate of drug-likeness (QED) is 0.406. The molecule has 2 atom stereocenters. The maximum Gasteiger partial charge on any atom is 0.251 e. The van der Waals surface area contributed by atoms with Gasteiger partial charge in [0, 0.05) is 30.6 Å². The van der Waals surface area contributed by atoms with Crippen LogP contribution in [0, 0.1) is 5.82 Å². The maximum absolute atomic E-state index is 13.4. The highest BCUT2D eigenvalue weighted by atomic mass is 19.1. The first-order valence-corrected chi connectivity index (χ1v) is 12.1. The smallest absolute Gasteiger partial charge is 0.251 e. The summed E-state index contributed by atoms with van der Waals surface area (Å²) < 4.78 is 15.1. The van der Waals surface area contributed by atoms with Crippen molar-refractivity contribution in [1.82, 2.24) is 19.8 Å². The number of amides is 2. The summed E-state index contributed by atoms with van der Waals surface area (Å²) in [5.74, 6) is 0.322. The summed E-state index contributed by atoms with van der Waals surface area (Å²) in [5, 5.41) is 2.87. The lowest BCUT2D eigenvalue weighted by Crippen LogP contribution is -2.45. The number of imidazole rings is 1. The zero-order valence-electron chi connectivity index (χ0n) is 20.6. The van der Waals surface area contributed by atoms with Gasteiger partial charge in [-0.25, -0.2) is 9.37 Å². The van der Waals surface area contributed by atoms with Crippen LogP contribution in [0.1, 0.15) is 63.1 Å². The average molecular weight is 467 g/mol. The number of benzene rings is 2. The van der Waals surface area contributed by atoms with Gasteiger partial charge in [-0.15, -0.1) is 0 Å². The van der Waals surface area contributed by atoms with Crippen LogP contribution in [-0.2, 0) is 17.8 Å². The van der Waals surface area contributed by atoms with E-state index in [-0.39, 0.29) is 36.3 Å². The summed E-state index contributed by atoms with van der Waals surface area (Å²) in [6.45, 7) is 9.10. The van der Waals surface area contributed by atoms with Crippen molar-refractivity contribution in [3.05, 3.63) is 65.7 Å². The molecule has 0 aliphatic heterocycles. The zero-order chi connectivity index (χ0) is 24.7. The van der Waals surface area contributed by atoms with Gasteiger partial charge in [0.15, 0.2) is 0 Å². The molecular weight excluding hydrogens is 431 g/mol. The van der Waals surface area contributed by atoms with E-state index in [4.69, 9.17) is 4.98 Å². The van der Waals surface area contributed by atoms with Gasteiger partial charge in [0.05, 0.1) is 11.0 Å². The normalized spacial score (nSPS) is 13.0. The number of fused-ring (bicyclic) bond motifs is 1. The van der Waals surface area contributed by atoms with Crippen LogP contribution < -0.4 is 5.32 Å². The monoisotopic (exact) mass is 466 g/mol. The second-order valence-electron chi connectivity index (χ2n) is 8.78. The van der Waals surface area contributed by atoms with Crippen LogP contribution in [0.5, 0.6) is 0 Å². The van der Waals surface area contributed by atoms with Crippen molar-refractivity contribution in [2.24, 2.45) is 0 Å². The lowest BCUT2D eigenvalue weighted by Gasteiger charge is -2.34. The van der Waals surface area contributed by atoms with Crippen LogP contribution in [0.3, 0.4) is 0 Å². The first-order chi connectivity index (χ1) is 16.3. The molecule has 0 fully saturated rings.